The number of rotatable bonds is 45. The van der Waals surface area contributed by atoms with Crippen molar-refractivity contribution in [1.29, 1.82) is 0 Å². The van der Waals surface area contributed by atoms with Crippen LogP contribution in [-0.4, -0.2) is 34.9 Å². The van der Waals surface area contributed by atoms with Crippen molar-refractivity contribution in [1.82, 2.24) is 5.32 Å². The molecular formula is C50H97NO3. The van der Waals surface area contributed by atoms with E-state index in [0.29, 0.717) is 6.42 Å². The Labute approximate surface area is 339 Å². The largest absolute Gasteiger partial charge is 0.394 e. The fraction of sp³-hybridized carbons (Fsp3) is 0.900. The van der Waals surface area contributed by atoms with Crippen molar-refractivity contribution in [3.05, 3.63) is 24.3 Å². The van der Waals surface area contributed by atoms with Crippen LogP contribution in [0.15, 0.2) is 24.3 Å². The van der Waals surface area contributed by atoms with Gasteiger partial charge in [-0.2, -0.15) is 0 Å². The van der Waals surface area contributed by atoms with Crippen molar-refractivity contribution in [3.63, 3.8) is 0 Å². The van der Waals surface area contributed by atoms with Crippen molar-refractivity contribution < 1.29 is 15.0 Å². The molecule has 2 unspecified atom stereocenters. The van der Waals surface area contributed by atoms with Gasteiger partial charge in [-0.25, -0.2) is 0 Å². The maximum Gasteiger partial charge on any atom is 0.220 e. The number of carbonyl (C=O) groups excluding carboxylic acids is 1. The van der Waals surface area contributed by atoms with Gasteiger partial charge in [-0.05, 0) is 44.9 Å². The minimum atomic E-state index is -0.840. The van der Waals surface area contributed by atoms with Gasteiger partial charge in [-0.1, -0.05) is 244 Å². The van der Waals surface area contributed by atoms with Crippen molar-refractivity contribution in [2.24, 2.45) is 0 Å². The van der Waals surface area contributed by atoms with E-state index in [0.717, 1.165) is 32.1 Å². The second-order valence-electron chi connectivity index (χ2n) is 16.9. The molecule has 0 bridgehead atoms. The summed E-state index contributed by atoms with van der Waals surface area (Å²) in [5, 5.41) is 23.1. The summed E-state index contributed by atoms with van der Waals surface area (Å²) >= 11 is 0. The third-order valence-electron chi connectivity index (χ3n) is 11.4. The predicted octanol–water partition coefficient (Wildman–Crippen LogP) is 15.6. The van der Waals surface area contributed by atoms with Gasteiger partial charge in [0.2, 0.25) is 5.91 Å². The summed E-state index contributed by atoms with van der Waals surface area (Å²) < 4.78 is 0. The minimum Gasteiger partial charge on any atom is -0.394 e. The molecule has 4 heteroatoms. The monoisotopic (exact) mass is 760 g/mol. The number of carbonyl (C=O) groups is 1. The maximum absolute atomic E-state index is 12.4. The van der Waals surface area contributed by atoms with E-state index in [1.54, 1.807) is 6.08 Å². The number of aliphatic hydroxyl groups excluding tert-OH is 2. The topological polar surface area (TPSA) is 69.6 Å². The summed E-state index contributed by atoms with van der Waals surface area (Å²) in [6.07, 6.45) is 60.3. The van der Waals surface area contributed by atoms with Crippen LogP contribution in [-0.2, 0) is 4.79 Å². The van der Waals surface area contributed by atoms with Gasteiger partial charge >= 0.3 is 0 Å². The van der Waals surface area contributed by atoms with Crippen LogP contribution in [0.2, 0.25) is 0 Å². The zero-order chi connectivity index (χ0) is 39.3. The van der Waals surface area contributed by atoms with Gasteiger partial charge in [0.25, 0.3) is 0 Å². The predicted molar refractivity (Wildman–Crippen MR) is 239 cm³/mol. The summed E-state index contributed by atoms with van der Waals surface area (Å²) in [5.74, 6) is -0.0700. The van der Waals surface area contributed by atoms with Gasteiger partial charge in [0, 0.05) is 6.42 Å². The lowest BCUT2D eigenvalue weighted by atomic mass is 10.0. The first-order valence-electron chi connectivity index (χ1n) is 24.6. The lowest BCUT2D eigenvalue weighted by Crippen LogP contribution is -2.45. The highest BCUT2D eigenvalue weighted by atomic mass is 16.3. The van der Waals surface area contributed by atoms with E-state index in [9.17, 15) is 15.0 Å². The summed E-state index contributed by atoms with van der Waals surface area (Å²) in [5.41, 5.74) is 0. The third-order valence-corrected chi connectivity index (χ3v) is 11.4. The SMILES string of the molecule is CCCCCCCC/C=C\CCCCCCCC(=O)NC(CO)C(O)/C=C/CCCCCCCCCCCCCCCCCCCCCCCCCCC. The number of hydrogen-bond acceptors (Lipinski definition) is 3. The van der Waals surface area contributed by atoms with Crippen LogP contribution in [0.4, 0.5) is 0 Å². The Balaban J connectivity index is 3.49. The van der Waals surface area contributed by atoms with Crippen molar-refractivity contribution in [2.75, 3.05) is 6.61 Å². The Morgan fingerprint density at radius 2 is 0.704 bits per heavy atom. The van der Waals surface area contributed by atoms with Crippen LogP contribution in [0.5, 0.6) is 0 Å². The van der Waals surface area contributed by atoms with Crippen LogP contribution >= 0.6 is 0 Å². The molecule has 320 valence electrons. The molecule has 0 radical (unpaired) electrons. The molecule has 0 aromatic heterocycles. The van der Waals surface area contributed by atoms with E-state index in [2.05, 4.69) is 31.3 Å². The van der Waals surface area contributed by atoms with Gasteiger partial charge in [-0.15, -0.1) is 0 Å². The fourth-order valence-corrected chi connectivity index (χ4v) is 7.65. The molecular weight excluding hydrogens is 663 g/mol. The number of allylic oxidation sites excluding steroid dienone is 3. The molecule has 4 nitrogen and oxygen atoms in total. The molecule has 1 amide bonds. The number of unbranched alkanes of at least 4 members (excludes halogenated alkanes) is 36. The summed E-state index contributed by atoms with van der Waals surface area (Å²) in [4.78, 5) is 12.4. The smallest absolute Gasteiger partial charge is 0.220 e. The molecule has 0 rings (SSSR count). The molecule has 3 N–H and O–H groups in total. The van der Waals surface area contributed by atoms with Crippen LogP contribution in [0, 0.1) is 0 Å². The molecule has 0 saturated carbocycles. The van der Waals surface area contributed by atoms with E-state index >= 15 is 0 Å². The molecule has 0 spiro atoms. The average molecular weight is 760 g/mol. The molecule has 0 heterocycles. The van der Waals surface area contributed by atoms with Gasteiger partial charge in [-0.3, -0.25) is 4.79 Å². The molecule has 2 atom stereocenters. The van der Waals surface area contributed by atoms with Crippen molar-refractivity contribution in [3.8, 4) is 0 Å². The van der Waals surface area contributed by atoms with Gasteiger partial charge in [0.1, 0.15) is 0 Å². The Hall–Kier alpha value is -1.13. The Bertz CT molecular complexity index is 780. The van der Waals surface area contributed by atoms with Crippen molar-refractivity contribution in [2.45, 2.75) is 283 Å². The molecule has 0 aliphatic rings. The van der Waals surface area contributed by atoms with Crippen LogP contribution in [0.3, 0.4) is 0 Å². The summed E-state index contributed by atoms with van der Waals surface area (Å²) in [7, 11) is 0. The average Bonchev–Trinajstić information content (AvgIpc) is 3.18. The summed E-state index contributed by atoms with van der Waals surface area (Å²) in [6, 6.07) is -0.624. The highest BCUT2D eigenvalue weighted by Gasteiger charge is 2.18. The lowest BCUT2D eigenvalue weighted by molar-refractivity contribution is -0.123. The molecule has 0 fully saturated rings. The first kappa shape index (κ1) is 52.9. The zero-order valence-electron chi connectivity index (χ0n) is 36.8. The Kier molecular flexibility index (Phi) is 45.3. The first-order valence-corrected chi connectivity index (χ1v) is 24.6. The normalized spacial score (nSPS) is 13.0. The van der Waals surface area contributed by atoms with Crippen LogP contribution < -0.4 is 5.32 Å². The number of aliphatic hydroxyl groups is 2. The number of hydrogen-bond donors (Lipinski definition) is 3. The molecule has 0 aromatic carbocycles. The van der Waals surface area contributed by atoms with E-state index < -0.39 is 12.1 Å². The quantitative estimate of drug-likeness (QED) is 0.0428. The highest BCUT2D eigenvalue weighted by Crippen LogP contribution is 2.16. The van der Waals surface area contributed by atoms with E-state index in [-0.39, 0.29) is 12.5 Å². The van der Waals surface area contributed by atoms with Gasteiger partial charge in [0.05, 0.1) is 18.8 Å². The molecule has 0 aliphatic carbocycles. The molecule has 0 aliphatic heterocycles. The molecule has 0 saturated heterocycles. The number of nitrogens with one attached hydrogen (secondary N) is 1. The number of amides is 1. The maximum atomic E-state index is 12.4. The van der Waals surface area contributed by atoms with Gasteiger partial charge in [0.15, 0.2) is 0 Å². The molecule has 54 heavy (non-hydrogen) atoms. The van der Waals surface area contributed by atoms with Gasteiger partial charge < -0.3 is 15.5 Å². The Morgan fingerprint density at radius 1 is 0.426 bits per heavy atom. The minimum absolute atomic E-state index is 0.0700. The molecule has 0 aromatic rings. The second-order valence-corrected chi connectivity index (χ2v) is 16.9. The first-order chi connectivity index (χ1) is 26.7. The Morgan fingerprint density at radius 3 is 1.02 bits per heavy atom. The second kappa shape index (κ2) is 46.3. The summed E-state index contributed by atoms with van der Waals surface area (Å²) in [6.45, 7) is 4.32. The zero-order valence-corrected chi connectivity index (χ0v) is 36.8. The van der Waals surface area contributed by atoms with Crippen LogP contribution in [0.25, 0.3) is 0 Å². The lowest BCUT2D eigenvalue weighted by Gasteiger charge is -2.20. The van der Waals surface area contributed by atoms with E-state index in [1.807, 2.05) is 6.08 Å². The fourth-order valence-electron chi connectivity index (χ4n) is 7.65. The van der Waals surface area contributed by atoms with E-state index in [4.69, 9.17) is 0 Å². The third kappa shape index (κ3) is 42.0. The highest BCUT2D eigenvalue weighted by molar-refractivity contribution is 5.76. The van der Waals surface area contributed by atoms with Crippen molar-refractivity contribution >= 4 is 5.91 Å². The van der Waals surface area contributed by atoms with Crippen LogP contribution in [0.1, 0.15) is 271 Å². The standard InChI is InChI=1S/C50H97NO3/c1-3-5-7-9-11-13-15-17-19-20-21-22-23-24-25-26-27-28-29-30-32-33-35-37-39-41-43-45-49(53)48(47-52)51-50(54)46-44-42-40-38-36-34-31-18-16-14-12-10-8-6-4-2/h18,31,43,45,48-49,52-53H,3-17,19-30,32-42,44,46-47H2,1-2H3,(H,51,54)/b31-18-,45-43+. The van der Waals surface area contributed by atoms with E-state index in [1.165, 1.54) is 218 Å².